The number of amides is 1. The Bertz CT molecular complexity index is 256. The van der Waals surface area contributed by atoms with E-state index in [-0.39, 0.29) is 23.0 Å². The first-order valence-electron chi connectivity index (χ1n) is 5.15. The van der Waals surface area contributed by atoms with Gasteiger partial charge in [0.2, 0.25) is 5.91 Å². The van der Waals surface area contributed by atoms with Crippen molar-refractivity contribution in [2.45, 2.75) is 38.8 Å². The van der Waals surface area contributed by atoms with Gasteiger partial charge in [-0.2, -0.15) is 0 Å². The van der Waals surface area contributed by atoms with Gasteiger partial charge in [-0.25, -0.2) is 0 Å². The van der Waals surface area contributed by atoms with E-state index in [0.717, 1.165) is 6.42 Å². The second-order valence-corrected chi connectivity index (χ2v) is 5.28. The van der Waals surface area contributed by atoms with Gasteiger partial charge in [-0.1, -0.05) is 6.92 Å². The van der Waals surface area contributed by atoms with E-state index in [9.17, 15) is 9.59 Å². The van der Waals surface area contributed by atoms with Crippen LogP contribution in [-0.2, 0) is 9.59 Å². The number of rotatable bonds is 7. The third kappa shape index (κ3) is 6.68. The minimum absolute atomic E-state index is 0.0885. The minimum atomic E-state index is -1.04. The Labute approximate surface area is 100 Å². The van der Waals surface area contributed by atoms with Crippen molar-refractivity contribution in [3.8, 4) is 0 Å². The average Bonchev–Trinajstić information content (AvgIpc) is 2.16. The molecule has 6 heteroatoms. The number of nitrogens with two attached hydrogens (primary N) is 1. The van der Waals surface area contributed by atoms with E-state index in [1.165, 1.54) is 11.8 Å². The molecule has 0 radical (unpaired) electrons. The molecule has 0 aliphatic heterocycles. The standard InChI is InChI=1S/C10H20N2O3S/c1-4-10(2,3)12-8(13)6-16-5-7(11)9(14)15/h7H,4-6,11H2,1-3H3,(H,12,13)(H,14,15)/t7-/m1/s1. The van der Waals surface area contributed by atoms with Gasteiger partial charge in [-0.15, -0.1) is 11.8 Å². The van der Waals surface area contributed by atoms with E-state index < -0.39 is 12.0 Å². The van der Waals surface area contributed by atoms with Gasteiger partial charge in [0.25, 0.3) is 0 Å². The second kappa shape index (κ2) is 6.75. The van der Waals surface area contributed by atoms with Crippen LogP contribution in [0.4, 0.5) is 0 Å². The van der Waals surface area contributed by atoms with Gasteiger partial charge in [-0.3, -0.25) is 9.59 Å². The third-order valence-electron chi connectivity index (χ3n) is 2.21. The van der Waals surface area contributed by atoms with Crippen molar-refractivity contribution in [2.24, 2.45) is 5.73 Å². The van der Waals surface area contributed by atoms with Gasteiger partial charge >= 0.3 is 5.97 Å². The fraction of sp³-hybridized carbons (Fsp3) is 0.800. The number of nitrogens with one attached hydrogen (secondary N) is 1. The Morgan fingerprint density at radius 1 is 1.50 bits per heavy atom. The van der Waals surface area contributed by atoms with Crippen molar-refractivity contribution in [2.75, 3.05) is 11.5 Å². The van der Waals surface area contributed by atoms with Crippen LogP contribution in [0.1, 0.15) is 27.2 Å². The molecule has 0 fully saturated rings. The average molecular weight is 248 g/mol. The van der Waals surface area contributed by atoms with E-state index in [1.54, 1.807) is 0 Å². The summed E-state index contributed by atoms with van der Waals surface area (Å²) in [6.07, 6.45) is 0.845. The van der Waals surface area contributed by atoms with Crippen LogP contribution in [0.25, 0.3) is 0 Å². The maximum atomic E-state index is 11.4. The highest BCUT2D eigenvalue weighted by Crippen LogP contribution is 2.08. The van der Waals surface area contributed by atoms with Gasteiger partial charge < -0.3 is 16.2 Å². The molecule has 16 heavy (non-hydrogen) atoms. The van der Waals surface area contributed by atoms with E-state index in [0.29, 0.717) is 0 Å². The summed E-state index contributed by atoms with van der Waals surface area (Å²) in [7, 11) is 0. The van der Waals surface area contributed by atoms with E-state index in [1.807, 2.05) is 20.8 Å². The molecule has 0 saturated heterocycles. The van der Waals surface area contributed by atoms with Crippen LogP contribution in [0.3, 0.4) is 0 Å². The van der Waals surface area contributed by atoms with Crippen molar-refractivity contribution < 1.29 is 14.7 Å². The molecule has 4 N–H and O–H groups in total. The topological polar surface area (TPSA) is 92.4 Å². The Kier molecular flexibility index (Phi) is 6.43. The molecule has 94 valence electrons. The lowest BCUT2D eigenvalue weighted by Gasteiger charge is -2.24. The summed E-state index contributed by atoms with van der Waals surface area (Å²) in [6, 6.07) is -0.906. The summed E-state index contributed by atoms with van der Waals surface area (Å²) in [5, 5.41) is 11.4. The lowest BCUT2D eigenvalue weighted by molar-refractivity contribution is -0.138. The molecular formula is C10H20N2O3S. The zero-order chi connectivity index (χ0) is 12.8. The summed E-state index contributed by atoms with van der Waals surface area (Å²) in [5.41, 5.74) is 5.09. The van der Waals surface area contributed by atoms with Gasteiger partial charge in [0, 0.05) is 11.3 Å². The third-order valence-corrected chi connectivity index (χ3v) is 3.27. The summed E-state index contributed by atoms with van der Waals surface area (Å²) >= 11 is 1.23. The van der Waals surface area contributed by atoms with Gasteiger partial charge in [-0.05, 0) is 20.3 Å². The Morgan fingerprint density at radius 2 is 2.06 bits per heavy atom. The first-order chi connectivity index (χ1) is 7.28. The van der Waals surface area contributed by atoms with Crippen molar-refractivity contribution in [1.82, 2.24) is 5.32 Å². The predicted octanol–water partition coefficient (Wildman–Crippen LogP) is 0.436. The van der Waals surface area contributed by atoms with Crippen LogP contribution in [0, 0.1) is 0 Å². The Balaban J connectivity index is 3.79. The highest BCUT2D eigenvalue weighted by molar-refractivity contribution is 8.00. The zero-order valence-electron chi connectivity index (χ0n) is 9.95. The number of hydrogen-bond donors (Lipinski definition) is 3. The van der Waals surface area contributed by atoms with Crippen LogP contribution in [0.15, 0.2) is 0 Å². The summed E-state index contributed by atoms with van der Waals surface area (Å²) < 4.78 is 0. The fourth-order valence-electron chi connectivity index (χ4n) is 0.852. The van der Waals surface area contributed by atoms with Crippen molar-refractivity contribution >= 4 is 23.6 Å². The highest BCUT2D eigenvalue weighted by Gasteiger charge is 2.18. The normalized spacial score (nSPS) is 13.2. The molecule has 0 bridgehead atoms. The molecule has 0 aliphatic carbocycles. The number of carboxylic acids is 1. The largest absolute Gasteiger partial charge is 0.480 e. The zero-order valence-corrected chi connectivity index (χ0v) is 10.8. The van der Waals surface area contributed by atoms with E-state index in [2.05, 4.69) is 5.32 Å². The van der Waals surface area contributed by atoms with Crippen LogP contribution in [-0.4, -0.2) is 40.1 Å². The Morgan fingerprint density at radius 3 is 2.50 bits per heavy atom. The molecule has 0 rings (SSSR count). The molecule has 0 saturated carbocycles. The molecule has 0 aromatic carbocycles. The number of carbonyl (C=O) groups is 2. The minimum Gasteiger partial charge on any atom is -0.480 e. The Hall–Kier alpha value is -0.750. The molecule has 0 spiro atoms. The maximum Gasteiger partial charge on any atom is 0.321 e. The first kappa shape index (κ1) is 15.2. The van der Waals surface area contributed by atoms with Gasteiger partial charge in [0.05, 0.1) is 5.75 Å². The molecule has 0 heterocycles. The predicted molar refractivity (Wildman–Crippen MR) is 65.4 cm³/mol. The molecule has 1 amide bonds. The van der Waals surface area contributed by atoms with Crippen molar-refractivity contribution in [3.63, 3.8) is 0 Å². The number of aliphatic carboxylic acids is 1. The van der Waals surface area contributed by atoms with Crippen molar-refractivity contribution in [3.05, 3.63) is 0 Å². The summed E-state index contributed by atoms with van der Waals surface area (Å²) in [4.78, 5) is 21.9. The second-order valence-electron chi connectivity index (χ2n) is 4.25. The van der Waals surface area contributed by atoms with Crippen LogP contribution in [0.5, 0.6) is 0 Å². The van der Waals surface area contributed by atoms with Gasteiger partial charge in [0.15, 0.2) is 0 Å². The molecule has 0 unspecified atom stereocenters. The molecule has 0 aromatic heterocycles. The van der Waals surface area contributed by atoms with Gasteiger partial charge in [0.1, 0.15) is 6.04 Å². The fourth-order valence-corrected chi connectivity index (χ4v) is 1.62. The molecular weight excluding hydrogens is 228 g/mol. The van der Waals surface area contributed by atoms with Crippen LogP contribution >= 0.6 is 11.8 Å². The van der Waals surface area contributed by atoms with Crippen LogP contribution < -0.4 is 11.1 Å². The number of thioether (sulfide) groups is 1. The summed E-state index contributed by atoms with van der Waals surface area (Å²) in [5.74, 6) is -0.643. The number of hydrogen-bond acceptors (Lipinski definition) is 4. The molecule has 5 nitrogen and oxygen atoms in total. The van der Waals surface area contributed by atoms with E-state index in [4.69, 9.17) is 10.8 Å². The first-order valence-corrected chi connectivity index (χ1v) is 6.31. The van der Waals surface area contributed by atoms with Crippen LogP contribution in [0.2, 0.25) is 0 Å². The smallest absolute Gasteiger partial charge is 0.321 e. The SMILES string of the molecule is CCC(C)(C)NC(=O)CSC[C@@H](N)C(=O)O. The number of carbonyl (C=O) groups excluding carboxylic acids is 1. The van der Waals surface area contributed by atoms with E-state index >= 15 is 0 Å². The molecule has 0 aliphatic rings. The molecule has 1 atom stereocenters. The quantitative estimate of drug-likeness (QED) is 0.608. The monoisotopic (exact) mass is 248 g/mol. The lowest BCUT2D eigenvalue weighted by atomic mass is 10.0. The lowest BCUT2D eigenvalue weighted by Crippen LogP contribution is -2.44. The summed E-state index contributed by atoms with van der Waals surface area (Å²) in [6.45, 7) is 5.88. The highest BCUT2D eigenvalue weighted by atomic mass is 32.2. The maximum absolute atomic E-state index is 11.4. The number of carboxylic acid groups (broad SMARTS) is 1. The van der Waals surface area contributed by atoms with Crippen molar-refractivity contribution in [1.29, 1.82) is 0 Å². The molecule has 0 aromatic rings.